The van der Waals surface area contributed by atoms with Crippen LogP contribution in [0.2, 0.25) is 0 Å². The first-order valence-corrected chi connectivity index (χ1v) is 10.6. The van der Waals surface area contributed by atoms with Crippen molar-refractivity contribution in [3.63, 3.8) is 0 Å². The number of fused-ring (bicyclic) bond motifs is 1. The van der Waals surface area contributed by atoms with E-state index in [1.54, 1.807) is 11.3 Å². The summed E-state index contributed by atoms with van der Waals surface area (Å²) in [5.41, 5.74) is 4.98. The summed E-state index contributed by atoms with van der Waals surface area (Å²) in [4.78, 5) is 0. The first-order chi connectivity index (χ1) is 13.7. The maximum atomic E-state index is 5.75. The van der Waals surface area contributed by atoms with Crippen LogP contribution >= 0.6 is 11.3 Å². The molecule has 1 aliphatic carbocycles. The molecule has 0 radical (unpaired) electrons. The molecule has 0 aliphatic heterocycles. The SMILES string of the molecule is CCOc1ccc(-c2nnc(-c3cccc4c3CCC4NC)s2)cc1OCC. The molecule has 0 bridgehead atoms. The van der Waals surface area contributed by atoms with Crippen LogP contribution in [0.1, 0.15) is 37.4 Å². The Hall–Kier alpha value is -2.44. The van der Waals surface area contributed by atoms with Crippen LogP contribution in [-0.4, -0.2) is 30.5 Å². The Morgan fingerprint density at radius 2 is 1.82 bits per heavy atom. The van der Waals surface area contributed by atoms with Crippen LogP contribution in [0.3, 0.4) is 0 Å². The lowest BCUT2D eigenvalue weighted by Gasteiger charge is -2.11. The van der Waals surface area contributed by atoms with E-state index >= 15 is 0 Å². The van der Waals surface area contributed by atoms with Crippen LogP contribution < -0.4 is 14.8 Å². The summed E-state index contributed by atoms with van der Waals surface area (Å²) < 4.78 is 11.4. The molecule has 0 amide bonds. The third-order valence-electron chi connectivity index (χ3n) is 5.06. The lowest BCUT2D eigenvalue weighted by Crippen LogP contribution is -2.12. The van der Waals surface area contributed by atoms with E-state index in [4.69, 9.17) is 9.47 Å². The van der Waals surface area contributed by atoms with E-state index in [0.717, 1.165) is 39.9 Å². The molecule has 1 heterocycles. The van der Waals surface area contributed by atoms with Gasteiger partial charge in [0.25, 0.3) is 0 Å². The molecule has 146 valence electrons. The van der Waals surface area contributed by atoms with Gasteiger partial charge in [-0.2, -0.15) is 0 Å². The monoisotopic (exact) mass is 395 g/mol. The van der Waals surface area contributed by atoms with E-state index in [1.165, 1.54) is 16.7 Å². The molecule has 3 aromatic rings. The fourth-order valence-corrected chi connectivity index (χ4v) is 4.68. The van der Waals surface area contributed by atoms with Gasteiger partial charge in [0, 0.05) is 17.2 Å². The van der Waals surface area contributed by atoms with E-state index in [9.17, 15) is 0 Å². The summed E-state index contributed by atoms with van der Waals surface area (Å²) >= 11 is 1.62. The minimum absolute atomic E-state index is 0.433. The summed E-state index contributed by atoms with van der Waals surface area (Å²) in [5.74, 6) is 1.51. The van der Waals surface area contributed by atoms with Crippen molar-refractivity contribution in [2.75, 3.05) is 20.3 Å². The second-order valence-electron chi connectivity index (χ2n) is 6.69. The third kappa shape index (κ3) is 3.50. The number of aromatic nitrogens is 2. The smallest absolute Gasteiger partial charge is 0.161 e. The van der Waals surface area contributed by atoms with Crippen LogP contribution in [0.5, 0.6) is 11.5 Å². The number of ether oxygens (including phenoxy) is 2. The predicted molar refractivity (Wildman–Crippen MR) is 113 cm³/mol. The number of nitrogens with zero attached hydrogens (tertiary/aromatic N) is 2. The van der Waals surface area contributed by atoms with Crippen molar-refractivity contribution in [3.05, 3.63) is 47.5 Å². The summed E-state index contributed by atoms with van der Waals surface area (Å²) in [7, 11) is 2.03. The van der Waals surface area contributed by atoms with Crippen molar-refractivity contribution >= 4 is 11.3 Å². The molecule has 2 aromatic carbocycles. The lowest BCUT2D eigenvalue weighted by molar-refractivity contribution is 0.288. The molecule has 1 atom stereocenters. The van der Waals surface area contributed by atoms with Crippen LogP contribution in [0.15, 0.2) is 36.4 Å². The molecule has 6 heteroatoms. The van der Waals surface area contributed by atoms with Crippen LogP contribution in [0.4, 0.5) is 0 Å². The van der Waals surface area contributed by atoms with Gasteiger partial charge < -0.3 is 14.8 Å². The first-order valence-electron chi connectivity index (χ1n) is 9.78. The van der Waals surface area contributed by atoms with Gasteiger partial charge in [0.1, 0.15) is 10.0 Å². The Morgan fingerprint density at radius 1 is 1.04 bits per heavy atom. The van der Waals surface area contributed by atoms with Gasteiger partial charge in [-0.15, -0.1) is 10.2 Å². The number of nitrogens with one attached hydrogen (secondary N) is 1. The maximum absolute atomic E-state index is 5.75. The molecule has 0 spiro atoms. The molecular weight excluding hydrogens is 370 g/mol. The Balaban J connectivity index is 1.68. The van der Waals surface area contributed by atoms with Crippen LogP contribution in [0.25, 0.3) is 21.1 Å². The first kappa shape index (κ1) is 18.9. The van der Waals surface area contributed by atoms with Gasteiger partial charge in [-0.05, 0) is 63.1 Å². The van der Waals surface area contributed by atoms with E-state index in [2.05, 4.69) is 33.7 Å². The molecule has 0 saturated carbocycles. The van der Waals surface area contributed by atoms with E-state index in [0.29, 0.717) is 19.3 Å². The normalized spacial score (nSPS) is 15.5. The minimum atomic E-state index is 0.433. The van der Waals surface area contributed by atoms with Gasteiger partial charge in [0.15, 0.2) is 11.5 Å². The Kier molecular flexibility index (Phi) is 5.59. The molecule has 1 unspecified atom stereocenters. The highest BCUT2D eigenvalue weighted by atomic mass is 32.1. The van der Waals surface area contributed by atoms with Crippen molar-refractivity contribution in [2.45, 2.75) is 32.7 Å². The van der Waals surface area contributed by atoms with Gasteiger partial charge in [0.2, 0.25) is 0 Å². The van der Waals surface area contributed by atoms with E-state index in [-0.39, 0.29) is 0 Å². The van der Waals surface area contributed by atoms with Gasteiger partial charge in [0.05, 0.1) is 13.2 Å². The molecule has 0 fully saturated rings. The topological polar surface area (TPSA) is 56.3 Å². The average Bonchev–Trinajstić information content (AvgIpc) is 3.36. The number of hydrogen-bond donors (Lipinski definition) is 1. The minimum Gasteiger partial charge on any atom is -0.490 e. The largest absolute Gasteiger partial charge is 0.490 e. The van der Waals surface area contributed by atoms with Gasteiger partial charge in [-0.1, -0.05) is 29.5 Å². The number of rotatable bonds is 7. The summed E-state index contributed by atoms with van der Waals surface area (Å²) in [6, 6.07) is 12.9. The maximum Gasteiger partial charge on any atom is 0.161 e. The fourth-order valence-electron chi connectivity index (χ4n) is 3.79. The zero-order valence-corrected chi connectivity index (χ0v) is 17.3. The molecule has 4 rings (SSSR count). The summed E-state index contributed by atoms with van der Waals surface area (Å²) in [5, 5.41) is 14.2. The van der Waals surface area contributed by atoms with Gasteiger partial charge >= 0.3 is 0 Å². The van der Waals surface area contributed by atoms with E-state index < -0.39 is 0 Å². The molecule has 1 aliphatic rings. The van der Waals surface area contributed by atoms with Crippen molar-refractivity contribution < 1.29 is 9.47 Å². The molecule has 1 N–H and O–H groups in total. The van der Waals surface area contributed by atoms with Crippen molar-refractivity contribution in [2.24, 2.45) is 0 Å². The predicted octanol–water partition coefficient (Wildman–Crippen LogP) is 4.88. The lowest BCUT2D eigenvalue weighted by atomic mass is 10.0. The average molecular weight is 396 g/mol. The second-order valence-corrected chi connectivity index (χ2v) is 7.67. The molecular formula is C22H25N3O2S. The number of hydrogen-bond acceptors (Lipinski definition) is 6. The fraction of sp³-hybridized carbons (Fsp3) is 0.364. The van der Waals surface area contributed by atoms with Gasteiger partial charge in [-0.25, -0.2) is 0 Å². The quantitative estimate of drug-likeness (QED) is 0.618. The van der Waals surface area contributed by atoms with Crippen LogP contribution in [0, 0.1) is 0 Å². The number of benzene rings is 2. The van der Waals surface area contributed by atoms with E-state index in [1.807, 2.05) is 39.1 Å². The van der Waals surface area contributed by atoms with Crippen molar-refractivity contribution in [1.82, 2.24) is 15.5 Å². The van der Waals surface area contributed by atoms with Crippen molar-refractivity contribution in [1.29, 1.82) is 0 Å². The highest BCUT2D eigenvalue weighted by Crippen LogP contribution is 2.40. The molecule has 28 heavy (non-hydrogen) atoms. The Morgan fingerprint density at radius 3 is 2.61 bits per heavy atom. The standard InChI is InChI=1S/C22H25N3O2S/c1-4-26-19-12-9-14(13-20(19)27-5-2)21-24-25-22(28-21)17-8-6-7-16-15(17)10-11-18(16)23-3/h6-9,12-13,18,23H,4-5,10-11H2,1-3H3. The Labute approximate surface area is 169 Å². The second kappa shape index (κ2) is 8.29. The molecule has 5 nitrogen and oxygen atoms in total. The van der Waals surface area contributed by atoms with Gasteiger partial charge in [-0.3, -0.25) is 0 Å². The summed E-state index contributed by atoms with van der Waals surface area (Å²) in [6.07, 6.45) is 2.20. The summed E-state index contributed by atoms with van der Waals surface area (Å²) in [6.45, 7) is 5.14. The zero-order valence-electron chi connectivity index (χ0n) is 16.5. The van der Waals surface area contributed by atoms with Crippen LogP contribution in [-0.2, 0) is 6.42 Å². The highest BCUT2D eigenvalue weighted by molar-refractivity contribution is 7.17. The molecule has 0 saturated heterocycles. The third-order valence-corrected chi connectivity index (χ3v) is 6.07. The Bertz CT molecular complexity index is 970. The van der Waals surface area contributed by atoms with Crippen molar-refractivity contribution in [3.8, 4) is 32.6 Å². The molecule has 1 aromatic heterocycles. The zero-order chi connectivity index (χ0) is 19.5. The highest BCUT2D eigenvalue weighted by Gasteiger charge is 2.25.